The molecule has 0 bridgehead atoms. The molecule has 2 rings (SSSR count). The number of benzene rings is 1. The van der Waals surface area contributed by atoms with Gasteiger partial charge in [-0.05, 0) is 18.1 Å². The molecule has 0 aliphatic rings. The highest BCUT2D eigenvalue weighted by atomic mass is 19.1. The normalized spacial score (nSPS) is 10.6. The van der Waals surface area contributed by atoms with Gasteiger partial charge >= 0.3 is 0 Å². The van der Waals surface area contributed by atoms with E-state index in [0.29, 0.717) is 0 Å². The molecule has 0 spiro atoms. The molecule has 0 aliphatic carbocycles. The van der Waals surface area contributed by atoms with Crippen LogP contribution in [0.5, 0.6) is 5.75 Å². The van der Waals surface area contributed by atoms with Crippen molar-refractivity contribution in [2.45, 2.75) is 19.8 Å². The van der Waals surface area contributed by atoms with Gasteiger partial charge in [0.05, 0.1) is 5.69 Å². The van der Waals surface area contributed by atoms with Gasteiger partial charge in [0.25, 0.3) is 5.91 Å². The standard InChI is InChI=1S/C14H15FN2O3/c1-9(2)11-7-14(20-17-11)16-13(18)8-19-12-6-4-3-5-10(12)15/h3-7,9H,8H2,1-2H3,(H,16,18). The summed E-state index contributed by atoms with van der Waals surface area (Å²) in [6.07, 6.45) is 0. The van der Waals surface area contributed by atoms with Gasteiger partial charge in [0.15, 0.2) is 18.2 Å². The first kappa shape index (κ1) is 14.0. The molecule has 6 heteroatoms. The molecule has 0 unspecified atom stereocenters. The zero-order chi connectivity index (χ0) is 14.5. The van der Waals surface area contributed by atoms with E-state index in [2.05, 4.69) is 10.5 Å². The van der Waals surface area contributed by atoms with E-state index >= 15 is 0 Å². The van der Waals surface area contributed by atoms with Gasteiger partial charge in [0.1, 0.15) is 0 Å². The van der Waals surface area contributed by atoms with Crippen LogP contribution < -0.4 is 10.1 Å². The molecule has 0 fully saturated rings. The zero-order valence-corrected chi connectivity index (χ0v) is 11.2. The molecule has 20 heavy (non-hydrogen) atoms. The Kier molecular flexibility index (Phi) is 4.34. The van der Waals surface area contributed by atoms with Crippen molar-refractivity contribution < 1.29 is 18.4 Å². The lowest BCUT2D eigenvalue weighted by Crippen LogP contribution is -2.20. The molecule has 1 heterocycles. The maximum Gasteiger partial charge on any atom is 0.264 e. The summed E-state index contributed by atoms with van der Waals surface area (Å²) in [5.41, 5.74) is 0.746. The Morgan fingerprint density at radius 3 is 2.85 bits per heavy atom. The van der Waals surface area contributed by atoms with Gasteiger partial charge < -0.3 is 9.26 Å². The molecule has 0 atom stereocenters. The molecule has 0 saturated heterocycles. The van der Waals surface area contributed by atoms with Crippen LogP contribution in [0.25, 0.3) is 0 Å². The molecule has 2 aromatic rings. The fourth-order valence-electron chi connectivity index (χ4n) is 1.50. The van der Waals surface area contributed by atoms with Crippen LogP contribution in [0, 0.1) is 5.82 Å². The molecule has 5 nitrogen and oxygen atoms in total. The fourth-order valence-corrected chi connectivity index (χ4v) is 1.50. The smallest absolute Gasteiger partial charge is 0.264 e. The van der Waals surface area contributed by atoms with E-state index in [4.69, 9.17) is 9.26 Å². The van der Waals surface area contributed by atoms with Crippen LogP contribution in [0.3, 0.4) is 0 Å². The van der Waals surface area contributed by atoms with E-state index in [-0.39, 0.29) is 24.2 Å². The van der Waals surface area contributed by atoms with Crippen molar-refractivity contribution in [3.8, 4) is 5.75 Å². The van der Waals surface area contributed by atoms with Gasteiger partial charge in [-0.2, -0.15) is 0 Å². The van der Waals surface area contributed by atoms with Crippen LogP contribution in [0.2, 0.25) is 0 Å². The summed E-state index contributed by atoms with van der Waals surface area (Å²) in [5.74, 6) is -0.472. The van der Waals surface area contributed by atoms with Crippen LogP contribution in [-0.4, -0.2) is 17.7 Å². The quantitative estimate of drug-likeness (QED) is 0.913. The minimum atomic E-state index is -0.512. The number of aromatic nitrogens is 1. The molecule has 106 valence electrons. The number of halogens is 1. The molecule has 1 N–H and O–H groups in total. The van der Waals surface area contributed by atoms with Gasteiger partial charge in [-0.15, -0.1) is 0 Å². The summed E-state index contributed by atoms with van der Waals surface area (Å²) in [6.45, 7) is 3.62. The van der Waals surface area contributed by atoms with Gasteiger partial charge in [0.2, 0.25) is 5.88 Å². The second-order valence-corrected chi connectivity index (χ2v) is 4.54. The summed E-state index contributed by atoms with van der Waals surface area (Å²) in [4.78, 5) is 11.6. The third kappa shape index (κ3) is 3.57. The van der Waals surface area contributed by atoms with Crippen molar-refractivity contribution in [3.63, 3.8) is 0 Å². The highest BCUT2D eigenvalue weighted by Crippen LogP contribution is 2.18. The van der Waals surface area contributed by atoms with Gasteiger partial charge in [-0.3, -0.25) is 10.1 Å². The lowest BCUT2D eigenvalue weighted by atomic mass is 10.1. The topological polar surface area (TPSA) is 64.4 Å². The van der Waals surface area contributed by atoms with Crippen LogP contribution in [0.1, 0.15) is 25.5 Å². The van der Waals surface area contributed by atoms with Gasteiger partial charge in [-0.25, -0.2) is 4.39 Å². The minimum absolute atomic E-state index is 0.0306. The van der Waals surface area contributed by atoms with Gasteiger partial charge in [-0.1, -0.05) is 31.1 Å². The van der Waals surface area contributed by atoms with E-state index in [0.717, 1.165) is 5.69 Å². The first-order valence-corrected chi connectivity index (χ1v) is 6.20. The van der Waals surface area contributed by atoms with Crippen LogP contribution in [0.4, 0.5) is 10.3 Å². The summed E-state index contributed by atoms with van der Waals surface area (Å²) in [7, 11) is 0. The molecule has 1 aromatic heterocycles. The first-order valence-electron chi connectivity index (χ1n) is 6.20. The number of carbonyl (C=O) groups excluding carboxylic acids is 1. The predicted molar refractivity (Wildman–Crippen MR) is 71.1 cm³/mol. The minimum Gasteiger partial charge on any atom is -0.481 e. The largest absolute Gasteiger partial charge is 0.481 e. The van der Waals surface area contributed by atoms with Crippen molar-refractivity contribution in [3.05, 3.63) is 41.8 Å². The number of hydrogen-bond donors (Lipinski definition) is 1. The Morgan fingerprint density at radius 1 is 1.45 bits per heavy atom. The predicted octanol–water partition coefficient (Wildman–Crippen LogP) is 2.95. The molecule has 0 aliphatic heterocycles. The van der Waals surface area contributed by atoms with Crippen molar-refractivity contribution >= 4 is 11.8 Å². The second kappa shape index (κ2) is 6.18. The van der Waals surface area contributed by atoms with Crippen molar-refractivity contribution in [1.82, 2.24) is 5.16 Å². The lowest BCUT2D eigenvalue weighted by molar-refractivity contribution is -0.118. The third-order valence-corrected chi connectivity index (χ3v) is 2.58. The molecule has 0 radical (unpaired) electrons. The number of carbonyl (C=O) groups is 1. The van der Waals surface area contributed by atoms with Crippen molar-refractivity contribution in [2.75, 3.05) is 11.9 Å². The number of para-hydroxylation sites is 1. The Morgan fingerprint density at radius 2 is 2.20 bits per heavy atom. The number of nitrogens with one attached hydrogen (secondary N) is 1. The number of amides is 1. The Hall–Kier alpha value is -2.37. The average molecular weight is 278 g/mol. The van der Waals surface area contributed by atoms with E-state index in [1.807, 2.05) is 13.8 Å². The summed E-state index contributed by atoms with van der Waals surface area (Å²) < 4.78 is 23.3. The van der Waals surface area contributed by atoms with E-state index < -0.39 is 11.7 Å². The lowest BCUT2D eigenvalue weighted by Gasteiger charge is -2.05. The van der Waals surface area contributed by atoms with E-state index in [1.54, 1.807) is 18.2 Å². The first-order chi connectivity index (χ1) is 9.56. The number of hydrogen-bond acceptors (Lipinski definition) is 4. The Labute approximate surface area is 115 Å². The van der Waals surface area contributed by atoms with Crippen molar-refractivity contribution in [2.24, 2.45) is 0 Å². The van der Waals surface area contributed by atoms with Crippen LogP contribution in [-0.2, 0) is 4.79 Å². The van der Waals surface area contributed by atoms with Gasteiger partial charge in [0, 0.05) is 6.07 Å². The van der Waals surface area contributed by atoms with Crippen molar-refractivity contribution in [1.29, 1.82) is 0 Å². The number of rotatable bonds is 5. The molecule has 0 saturated carbocycles. The number of anilines is 1. The number of nitrogens with zero attached hydrogens (tertiary/aromatic N) is 1. The highest BCUT2D eigenvalue weighted by Gasteiger charge is 2.11. The SMILES string of the molecule is CC(C)c1cc(NC(=O)COc2ccccc2F)on1. The molecule has 1 aromatic carbocycles. The maximum absolute atomic E-state index is 13.3. The number of ether oxygens (including phenoxy) is 1. The molecule has 1 amide bonds. The fraction of sp³-hybridized carbons (Fsp3) is 0.286. The molecular formula is C14H15FN2O3. The summed E-state index contributed by atoms with van der Waals surface area (Å²) in [6, 6.07) is 7.53. The summed E-state index contributed by atoms with van der Waals surface area (Å²) in [5, 5.41) is 6.30. The Bertz CT molecular complexity index is 596. The molecular weight excluding hydrogens is 263 g/mol. The monoisotopic (exact) mass is 278 g/mol. The summed E-state index contributed by atoms with van der Waals surface area (Å²) >= 11 is 0. The maximum atomic E-state index is 13.3. The Balaban J connectivity index is 1.88. The van der Waals surface area contributed by atoms with Crippen LogP contribution in [0.15, 0.2) is 34.9 Å². The second-order valence-electron chi connectivity index (χ2n) is 4.54. The van der Waals surface area contributed by atoms with E-state index in [1.165, 1.54) is 12.1 Å². The van der Waals surface area contributed by atoms with E-state index in [9.17, 15) is 9.18 Å². The zero-order valence-electron chi connectivity index (χ0n) is 11.2. The van der Waals surface area contributed by atoms with Crippen LogP contribution >= 0.6 is 0 Å². The highest BCUT2D eigenvalue weighted by molar-refractivity contribution is 5.90. The third-order valence-electron chi connectivity index (χ3n) is 2.58. The average Bonchev–Trinajstić information content (AvgIpc) is 2.86.